The predicted octanol–water partition coefficient (Wildman–Crippen LogP) is 3.43. The molecule has 0 aromatic heterocycles. The van der Waals surface area contributed by atoms with Crippen molar-refractivity contribution in [1.82, 2.24) is 0 Å². The fraction of sp³-hybridized carbons (Fsp3) is 0.846. The van der Waals surface area contributed by atoms with Crippen molar-refractivity contribution in [1.29, 1.82) is 0 Å². The first kappa shape index (κ1) is 16.1. The Morgan fingerprint density at radius 2 is 1.71 bits per heavy atom. The van der Waals surface area contributed by atoms with Gasteiger partial charge in [0.2, 0.25) is 0 Å². The molecule has 0 amide bonds. The quantitative estimate of drug-likeness (QED) is 0.318. The van der Waals surface area contributed by atoms with Gasteiger partial charge in [-0.25, -0.2) is 0 Å². The third-order valence-electron chi connectivity index (χ3n) is 2.29. The van der Waals surface area contributed by atoms with Crippen molar-refractivity contribution < 1.29 is 18.9 Å². The van der Waals surface area contributed by atoms with Crippen LogP contribution in [-0.4, -0.2) is 27.6 Å². The van der Waals surface area contributed by atoms with Gasteiger partial charge in [0.1, 0.15) is 0 Å². The molecule has 0 aliphatic heterocycles. The van der Waals surface area contributed by atoms with Crippen molar-refractivity contribution in [2.24, 2.45) is 0 Å². The summed E-state index contributed by atoms with van der Waals surface area (Å²) < 4.78 is 21.1. The Hall–Kier alpha value is -0.900. The van der Waals surface area contributed by atoms with Gasteiger partial charge in [-0.1, -0.05) is 26.7 Å². The van der Waals surface area contributed by atoms with E-state index in [2.05, 4.69) is 13.8 Å². The molecule has 4 heteroatoms. The summed E-state index contributed by atoms with van der Waals surface area (Å²) in [5.41, 5.74) is 0. The predicted molar refractivity (Wildman–Crippen MR) is 67.4 cm³/mol. The SMILES string of the molecule is CCCCCC(OC)=C(OC)OCOCCC. The van der Waals surface area contributed by atoms with Gasteiger partial charge >= 0.3 is 5.95 Å². The molecule has 0 fully saturated rings. The highest BCUT2D eigenvalue weighted by atomic mass is 16.7. The lowest BCUT2D eigenvalue weighted by Gasteiger charge is -2.13. The Balaban J connectivity index is 4.10. The number of unbranched alkanes of at least 4 members (excludes halogenated alkanes) is 2. The molecule has 4 nitrogen and oxygen atoms in total. The zero-order chi connectivity index (χ0) is 12.9. The van der Waals surface area contributed by atoms with E-state index in [4.69, 9.17) is 18.9 Å². The second-order valence-electron chi connectivity index (χ2n) is 3.75. The average molecular weight is 246 g/mol. The summed E-state index contributed by atoms with van der Waals surface area (Å²) in [6.07, 6.45) is 5.24. The molecular formula is C13H26O4. The fourth-order valence-electron chi connectivity index (χ4n) is 1.37. The van der Waals surface area contributed by atoms with Gasteiger partial charge < -0.3 is 18.9 Å². The van der Waals surface area contributed by atoms with E-state index in [0.717, 1.165) is 25.0 Å². The van der Waals surface area contributed by atoms with Crippen LogP contribution < -0.4 is 0 Å². The minimum absolute atomic E-state index is 0.206. The van der Waals surface area contributed by atoms with Crippen LogP contribution in [0.15, 0.2) is 11.7 Å². The van der Waals surface area contributed by atoms with E-state index in [1.165, 1.54) is 12.8 Å². The lowest BCUT2D eigenvalue weighted by molar-refractivity contribution is -0.0738. The lowest BCUT2D eigenvalue weighted by Crippen LogP contribution is -2.06. The second-order valence-corrected chi connectivity index (χ2v) is 3.75. The molecule has 0 N–H and O–H groups in total. The smallest absolute Gasteiger partial charge is 0.320 e. The topological polar surface area (TPSA) is 36.9 Å². The van der Waals surface area contributed by atoms with Crippen LogP contribution in [0, 0.1) is 0 Å². The van der Waals surface area contributed by atoms with Crippen LogP contribution in [0.25, 0.3) is 0 Å². The largest absolute Gasteiger partial charge is 0.494 e. The van der Waals surface area contributed by atoms with E-state index in [1.54, 1.807) is 14.2 Å². The Morgan fingerprint density at radius 1 is 0.941 bits per heavy atom. The normalized spacial score (nSPS) is 12.0. The zero-order valence-corrected chi connectivity index (χ0v) is 11.6. The summed E-state index contributed by atoms with van der Waals surface area (Å²) >= 11 is 0. The standard InChI is InChI=1S/C13H26O4/c1-5-7-8-9-12(14-3)13(15-4)17-11-16-10-6-2/h5-11H2,1-4H3. The number of allylic oxidation sites excluding steroid dienone is 1. The van der Waals surface area contributed by atoms with Gasteiger partial charge in [-0.15, -0.1) is 0 Å². The molecule has 0 heterocycles. The molecule has 0 aliphatic rings. The lowest BCUT2D eigenvalue weighted by atomic mass is 10.2. The zero-order valence-electron chi connectivity index (χ0n) is 11.6. The van der Waals surface area contributed by atoms with Crippen LogP contribution in [0.4, 0.5) is 0 Å². The van der Waals surface area contributed by atoms with E-state index in [1.807, 2.05) is 0 Å². The Kier molecular flexibility index (Phi) is 11.0. The van der Waals surface area contributed by atoms with Crippen LogP contribution >= 0.6 is 0 Å². The summed E-state index contributed by atoms with van der Waals surface area (Å²) in [5, 5.41) is 0. The first-order valence-corrected chi connectivity index (χ1v) is 6.31. The molecule has 0 saturated heterocycles. The number of methoxy groups -OCH3 is 2. The molecule has 0 saturated carbocycles. The van der Waals surface area contributed by atoms with Gasteiger partial charge in [-0.05, 0) is 12.8 Å². The van der Waals surface area contributed by atoms with Crippen molar-refractivity contribution in [3.05, 3.63) is 11.7 Å². The summed E-state index contributed by atoms with van der Waals surface area (Å²) in [6.45, 7) is 5.12. The van der Waals surface area contributed by atoms with Crippen LogP contribution in [0.2, 0.25) is 0 Å². The average Bonchev–Trinajstić information content (AvgIpc) is 2.36. The van der Waals surface area contributed by atoms with Gasteiger partial charge in [-0.3, -0.25) is 0 Å². The van der Waals surface area contributed by atoms with Crippen LogP contribution in [0.3, 0.4) is 0 Å². The molecule has 0 radical (unpaired) electrons. The van der Waals surface area contributed by atoms with E-state index in [-0.39, 0.29) is 6.79 Å². The molecule has 0 spiro atoms. The molecule has 0 aromatic rings. The molecule has 0 unspecified atom stereocenters. The molecule has 0 bridgehead atoms. The number of hydrogen-bond donors (Lipinski definition) is 0. The third kappa shape index (κ3) is 7.91. The number of ether oxygens (including phenoxy) is 4. The maximum atomic E-state index is 5.39. The fourth-order valence-corrected chi connectivity index (χ4v) is 1.37. The van der Waals surface area contributed by atoms with Gasteiger partial charge in [-0.2, -0.15) is 0 Å². The van der Waals surface area contributed by atoms with Gasteiger partial charge in [0.15, 0.2) is 12.6 Å². The summed E-state index contributed by atoms with van der Waals surface area (Å²) in [7, 11) is 3.21. The van der Waals surface area contributed by atoms with Gasteiger partial charge in [0, 0.05) is 6.42 Å². The maximum absolute atomic E-state index is 5.39. The van der Waals surface area contributed by atoms with E-state index < -0.39 is 0 Å². The molecule has 0 aromatic carbocycles. The summed E-state index contributed by atoms with van der Waals surface area (Å²) in [4.78, 5) is 0. The van der Waals surface area contributed by atoms with E-state index >= 15 is 0 Å². The second kappa shape index (κ2) is 11.6. The maximum Gasteiger partial charge on any atom is 0.320 e. The molecule has 0 rings (SSSR count). The Morgan fingerprint density at radius 3 is 2.24 bits per heavy atom. The highest BCUT2D eigenvalue weighted by Gasteiger charge is 2.09. The van der Waals surface area contributed by atoms with Crippen molar-refractivity contribution in [2.45, 2.75) is 46.0 Å². The van der Waals surface area contributed by atoms with Crippen LogP contribution in [0.1, 0.15) is 46.0 Å². The van der Waals surface area contributed by atoms with Crippen LogP contribution in [0.5, 0.6) is 0 Å². The Bertz CT molecular complexity index is 202. The van der Waals surface area contributed by atoms with Crippen molar-refractivity contribution in [2.75, 3.05) is 27.6 Å². The summed E-state index contributed by atoms with van der Waals surface area (Å²) in [6, 6.07) is 0. The van der Waals surface area contributed by atoms with Crippen molar-refractivity contribution in [3.63, 3.8) is 0 Å². The van der Waals surface area contributed by atoms with Crippen molar-refractivity contribution in [3.8, 4) is 0 Å². The van der Waals surface area contributed by atoms with Gasteiger partial charge in [0.05, 0.1) is 20.8 Å². The minimum Gasteiger partial charge on any atom is -0.494 e. The molecule has 17 heavy (non-hydrogen) atoms. The number of rotatable bonds is 11. The molecule has 0 atom stereocenters. The Labute approximate surface area is 105 Å². The van der Waals surface area contributed by atoms with Gasteiger partial charge in [0.25, 0.3) is 0 Å². The number of hydrogen-bond acceptors (Lipinski definition) is 4. The summed E-state index contributed by atoms with van der Waals surface area (Å²) in [5.74, 6) is 1.18. The molecule has 102 valence electrons. The minimum atomic E-state index is 0.206. The highest BCUT2D eigenvalue weighted by Crippen LogP contribution is 2.16. The monoisotopic (exact) mass is 246 g/mol. The molecule has 0 aliphatic carbocycles. The third-order valence-corrected chi connectivity index (χ3v) is 2.29. The highest BCUT2D eigenvalue weighted by molar-refractivity contribution is 4.94. The van der Waals surface area contributed by atoms with Crippen LogP contribution in [-0.2, 0) is 18.9 Å². The first-order valence-electron chi connectivity index (χ1n) is 6.31. The van der Waals surface area contributed by atoms with Crippen molar-refractivity contribution >= 4 is 0 Å². The first-order chi connectivity index (χ1) is 8.29. The van der Waals surface area contributed by atoms with E-state index in [0.29, 0.717) is 12.6 Å². The molecular weight excluding hydrogens is 220 g/mol. The van der Waals surface area contributed by atoms with E-state index in [9.17, 15) is 0 Å².